The van der Waals surface area contributed by atoms with Crippen molar-refractivity contribution in [3.63, 3.8) is 0 Å². The Bertz CT molecular complexity index is 512. The zero-order valence-corrected chi connectivity index (χ0v) is 12.6. The predicted molar refractivity (Wildman–Crippen MR) is 74.2 cm³/mol. The average Bonchev–Trinajstić information content (AvgIpc) is 2.71. The van der Waals surface area contributed by atoms with E-state index in [1.54, 1.807) is 12.1 Å². The minimum atomic E-state index is -4.69. The molecule has 1 unspecified atom stereocenters. The van der Waals surface area contributed by atoms with Crippen LogP contribution in [0.15, 0.2) is 24.3 Å². The Kier molecular flexibility index (Phi) is 3.74. The van der Waals surface area contributed by atoms with Crippen LogP contribution in [-0.4, -0.2) is 6.36 Å². The number of nitrogens with one attached hydrogen (secondary N) is 1. The minimum absolute atomic E-state index is 0.0604. The Morgan fingerprint density at radius 3 is 2.19 bits per heavy atom. The highest BCUT2D eigenvalue weighted by Crippen LogP contribution is 2.72. The van der Waals surface area contributed by atoms with Gasteiger partial charge in [0.25, 0.3) is 0 Å². The van der Waals surface area contributed by atoms with Crippen molar-refractivity contribution >= 4 is 0 Å². The van der Waals surface area contributed by atoms with Gasteiger partial charge < -0.3 is 4.74 Å². The number of halogens is 3. The number of rotatable bonds is 4. The van der Waals surface area contributed by atoms with Gasteiger partial charge in [-0.25, -0.2) is 0 Å². The van der Waals surface area contributed by atoms with Gasteiger partial charge in [0.2, 0.25) is 0 Å². The fourth-order valence-electron chi connectivity index (χ4n) is 3.37. The van der Waals surface area contributed by atoms with Crippen molar-refractivity contribution in [1.82, 2.24) is 5.43 Å². The van der Waals surface area contributed by atoms with E-state index in [-0.39, 0.29) is 28.5 Å². The fourth-order valence-corrected chi connectivity index (χ4v) is 3.37. The van der Waals surface area contributed by atoms with E-state index in [2.05, 4.69) is 37.9 Å². The molecule has 1 aromatic rings. The first-order valence-electron chi connectivity index (χ1n) is 6.82. The highest BCUT2D eigenvalue weighted by atomic mass is 19.4. The lowest BCUT2D eigenvalue weighted by Crippen LogP contribution is -2.31. The van der Waals surface area contributed by atoms with Crippen molar-refractivity contribution in [2.45, 2.75) is 40.1 Å². The number of nitrogens with two attached hydrogens (primary N) is 1. The van der Waals surface area contributed by atoms with Crippen molar-refractivity contribution in [2.24, 2.45) is 22.6 Å². The molecule has 6 heteroatoms. The Morgan fingerprint density at radius 1 is 1.19 bits per heavy atom. The van der Waals surface area contributed by atoms with Gasteiger partial charge in [0.1, 0.15) is 5.75 Å². The van der Waals surface area contributed by atoms with Crippen LogP contribution in [0.25, 0.3) is 0 Å². The summed E-state index contributed by atoms with van der Waals surface area (Å²) in [5.41, 5.74) is 3.56. The Balaban J connectivity index is 2.27. The molecule has 1 atom stereocenters. The molecule has 1 fully saturated rings. The van der Waals surface area contributed by atoms with Crippen LogP contribution in [0.5, 0.6) is 5.75 Å². The third kappa shape index (κ3) is 2.87. The average molecular weight is 302 g/mol. The van der Waals surface area contributed by atoms with E-state index in [4.69, 9.17) is 5.84 Å². The number of hydrogen-bond acceptors (Lipinski definition) is 3. The number of hydrogen-bond donors (Lipinski definition) is 2. The van der Waals surface area contributed by atoms with Crippen LogP contribution in [0.4, 0.5) is 13.2 Å². The van der Waals surface area contributed by atoms with Crippen molar-refractivity contribution in [3.8, 4) is 5.75 Å². The van der Waals surface area contributed by atoms with Gasteiger partial charge in [-0.15, -0.1) is 13.2 Å². The SMILES string of the molecule is CC1(C)C(C(NN)c2cccc(OC(F)(F)F)c2)C1(C)C. The number of ether oxygens (including phenoxy) is 1. The van der Waals surface area contributed by atoms with Crippen molar-refractivity contribution in [3.05, 3.63) is 29.8 Å². The fraction of sp³-hybridized carbons (Fsp3) is 0.600. The molecule has 3 N–H and O–H groups in total. The van der Waals surface area contributed by atoms with E-state index in [0.717, 1.165) is 0 Å². The summed E-state index contributed by atoms with van der Waals surface area (Å²) in [6.45, 7) is 8.55. The first-order valence-corrected chi connectivity index (χ1v) is 6.82. The summed E-state index contributed by atoms with van der Waals surface area (Å²) in [4.78, 5) is 0. The largest absolute Gasteiger partial charge is 0.573 e. The summed E-state index contributed by atoms with van der Waals surface area (Å²) < 4.78 is 40.9. The highest BCUT2D eigenvalue weighted by molar-refractivity contribution is 5.34. The van der Waals surface area contributed by atoms with E-state index in [0.29, 0.717) is 5.56 Å². The van der Waals surface area contributed by atoms with Gasteiger partial charge in [0.15, 0.2) is 0 Å². The second-order valence-electron chi connectivity index (χ2n) is 6.69. The molecule has 1 aromatic carbocycles. The van der Waals surface area contributed by atoms with Gasteiger partial charge >= 0.3 is 6.36 Å². The lowest BCUT2D eigenvalue weighted by molar-refractivity contribution is -0.274. The predicted octanol–water partition coefficient (Wildman–Crippen LogP) is 3.77. The summed E-state index contributed by atoms with van der Waals surface area (Å²) in [6.07, 6.45) is -4.69. The number of alkyl halides is 3. The molecule has 1 aliphatic rings. The molecule has 0 aromatic heterocycles. The minimum Gasteiger partial charge on any atom is -0.406 e. The third-order valence-electron chi connectivity index (χ3n) is 5.10. The van der Waals surface area contributed by atoms with Gasteiger partial charge in [0, 0.05) is 6.04 Å². The maximum Gasteiger partial charge on any atom is 0.573 e. The van der Waals surface area contributed by atoms with Gasteiger partial charge in [0.05, 0.1) is 0 Å². The molecule has 0 aliphatic heterocycles. The second kappa shape index (κ2) is 4.88. The Morgan fingerprint density at radius 2 is 1.76 bits per heavy atom. The smallest absolute Gasteiger partial charge is 0.406 e. The first-order chi connectivity index (χ1) is 9.50. The maximum atomic E-state index is 12.3. The summed E-state index contributed by atoms with van der Waals surface area (Å²) >= 11 is 0. The van der Waals surface area contributed by atoms with Gasteiger partial charge in [-0.3, -0.25) is 11.3 Å². The van der Waals surface area contributed by atoms with E-state index >= 15 is 0 Å². The van der Waals surface area contributed by atoms with Crippen molar-refractivity contribution < 1.29 is 17.9 Å². The Hall–Kier alpha value is -1.27. The van der Waals surface area contributed by atoms with E-state index in [9.17, 15) is 13.2 Å². The standard InChI is InChI=1S/C15H21F3N2O/c1-13(2)12(14(13,3)4)11(20-19)9-6-5-7-10(8-9)21-15(16,17)18/h5-8,11-12,20H,19H2,1-4H3. The molecule has 0 saturated heterocycles. The van der Waals surface area contributed by atoms with E-state index < -0.39 is 6.36 Å². The summed E-state index contributed by atoms with van der Waals surface area (Å²) in [5.74, 6) is 5.66. The van der Waals surface area contributed by atoms with Crippen LogP contribution in [0, 0.1) is 16.7 Å². The van der Waals surface area contributed by atoms with Crippen molar-refractivity contribution in [1.29, 1.82) is 0 Å². The monoisotopic (exact) mass is 302 g/mol. The number of benzene rings is 1. The molecule has 21 heavy (non-hydrogen) atoms. The lowest BCUT2D eigenvalue weighted by Gasteiger charge is -2.20. The molecule has 118 valence electrons. The van der Waals surface area contributed by atoms with Crippen LogP contribution < -0.4 is 16.0 Å². The van der Waals surface area contributed by atoms with Crippen LogP contribution in [0.3, 0.4) is 0 Å². The van der Waals surface area contributed by atoms with Crippen molar-refractivity contribution in [2.75, 3.05) is 0 Å². The normalized spacial score (nSPS) is 21.9. The quantitative estimate of drug-likeness (QED) is 0.657. The summed E-state index contributed by atoms with van der Waals surface area (Å²) in [6, 6.07) is 5.77. The molecular weight excluding hydrogens is 281 g/mol. The summed E-state index contributed by atoms with van der Waals surface area (Å²) in [7, 11) is 0. The first kappa shape index (κ1) is 16.1. The number of hydrazine groups is 1. The lowest BCUT2D eigenvalue weighted by atomic mass is 9.97. The van der Waals surface area contributed by atoms with E-state index in [1.807, 2.05) is 0 Å². The molecule has 0 spiro atoms. The van der Waals surface area contributed by atoms with Crippen LogP contribution >= 0.6 is 0 Å². The molecular formula is C15H21F3N2O. The molecule has 0 bridgehead atoms. The van der Waals surface area contributed by atoms with Gasteiger partial charge in [-0.05, 0) is 34.4 Å². The van der Waals surface area contributed by atoms with E-state index in [1.165, 1.54) is 12.1 Å². The molecule has 2 rings (SSSR count). The highest BCUT2D eigenvalue weighted by Gasteiger charge is 2.67. The zero-order chi connectivity index (χ0) is 16.1. The third-order valence-corrected chi connectivity index (χ3v) is 5.10. The molecule has 0 radical (unpaired) electrons. The van der Waals surface area contributed by atoms with Gasteiger partial charge in [-0.1, -0.05) is 39.8 Å². The molecule has 0 heterocycles. The molecule has 1 aliphatic carbocycles. The second-order valence-corrected chi connectivity index (χ2v) is 6.69. The molecule has 1 saturated carbocycles. The van der Waals surface area contributed by atoms with Gasteiger partial charge in [-0.2, -0.15) is 0 Å². The molecule has 3 nitrogen and oxygen atoms in total. The van der Waals surface area contributed by atoms with Crippen LogP contribution in [0.2, 0.25) is 0 Å². The Labute approximate surface area is 122 Å². The summed E-state index contributed by atoms with van der Waals surface area (Å²) in [5, 5.41) is 0. The van der Waals surface area contributed by atoms with Crippen LogP contribution in [0.1, 0.15) is 39.3 Å². The zero-order valence-electron chi connectivity index (χ0n) is 12.6. The maximum absolute atomic E-state index is 12.3. The van der Waals surface area contributed by atoms with Crippen LogP contribution in [-0.2, 0) is 0 Å². The molecule has 0 amide bonds. The topological polar surface area (TPSA) is 47.3 Å².